The van der Waals surface area contributed by atoms with Gasteiger partial charge in [0.15, 0.2) is 0 Å². The maximum atomic E-state index is 13.0. The molecular weight excluding hydrogens is 463 g/mol. The topological polar surface area (TPSA) is 108 Å². The number of anilines is 3. The van der Waals surface area contributed by atoms with E-state index in [2.05, 4.69) is 20.3 Å². The van der Waals surface area contributed by atoms with Crippen LogP contribution >= 0.6 is 23.2 Å². The summed E-state index contributed by atoms with van der Waals surface area (Å²) in [7, 11) is -4.01. The fourth-order valence-corrected chi connectivity index (χ4v) is 4.68. The van der Waals surface area contributed by atoms with Crippen LogP contribution in [0.3, 0.4) is 0 Å². The van der Waals surface area contributed by atoms with Crippen LogP contribution in [0.4, 0.5) is 17.1 Å². The standard InChI is InChI=1S/C20H22Cl2N4O4S/c1-13(27)23-12-20(28)24-18-11-15(5-7-19(18)26-8-2-3-9-26)31(29,30)25-17-10-14(21)4-6-16(17)22/h4-7,10-11,25H,2-3,8-9,12H2,1H3,(H,23,27)(H,24,28). The first-order chi connectivity index (χ1) is 14.7. The summed E-state index contributed by atoms with van der Waals surface area (Å²) in [6.45, 7) is 2.69. The Labute approximate surface area is 191 Å². The monoisotopic (exact) mass is 484 g/mol. The fraction of sp³-hybridized carbons (Fsp3) is 0.300. The second kappa shape index (κ2) is 9.76. The zero-order valence-electron chi connectivity index (χ0n) is 16.7. The first-order valence-electron chi connectivity index (χ1n) is 9.57. The molecule has 8 nitrogen and oxygen atoms in total. The molecule has 0 saturated carbocycles. The van der Waals surface area contributed by atoms with Crippen molar-refractivity contribution in [1.82, 2.24) is 5.32 Å². The molecule has 166 valence electrons. The van der Waals surface area contributed by atoms with E-state index in [1.807, 2.05) is 0 Å². The molecule has 3 rings (SSSR count). The Kier molecular flexibility index (Phi) is 7.30. The number of amides is 2. The minimum atomic E-state index is -4.01. The van der Waals surface area contributed by atoms with Crippen molar-refractivity contribution in [1.29, 1.82) is 0 Å². The Bertz CT molecular complexity index is 1100. The van der Waals surface area contributed by atoms with E-state index in [4.69, 9.17) is 23.2 Å². The molecule has 0 spiro atoms. The maximum absolute atomic E-state index is 13.0. The predicted molar refractivity (Wildman–Crippen MR) is 122 cm³/mol. The summed E-state index contributed by atoms with van der Waals surface area (Å²) in [6, 6.07) is 8.97. The smallest absolute Gasteiger partial charge is 0.262 e. The van der Waals surface area contributed by atoms with Crippen molar-refractivity contribution >= 4 is 62.1 Å². The molecule has 1 fully saturated rings. The third-order valence-corrected chi connectivity index (χ3v) is 6.60. The highest BCUT2D eigenvalue weighted by Gasteiger charge is 2.22. The van der Waals surface area contributed by atoms with E-state index in [0.717, 1.165) is 25.9 Å². The predicted octanol–water partition coefficient (Wildman–Crippen LogP) is 3.47. The third-order valence-electron chi connectivity index (χ3n) is 4.67. The van der Waals surface area contributed by atoms with Crippen LogP contribution < -0.4 is 20.3 Å². The molecule has 0 atom stereocenters. The zero-order chi connectivity index (χ0) is 22.6. The lowest BCUT2D eigenvalue weighted by Gasteiger charge is -2.22. The number of carbonyl (C=O) groups excluding carboxylic acids is 2. The Morgan fingerprint density at radius 2 is 1.74 bits per heavy atom. The lowest BCUT2D eigenvalue weighted by molar-refractivity contribution is -0.122. The molecule has 1 heterocycles. The van der Waals surface area contributed by atoms with Crippen molar-refractivity contribution in [3.8, 4) is 0 Å². The molecule has 0 unspecified atom stereocenters. The quantitative estimate of drug-likeness (QED) is 0.557. The molecule has 2 aromatic rings. The molecule has 1 aliphatic heterocycles. The van der Waals surface area contributed by atoms with E-state index in [-0.39, 0.29) is 28.1 Å². The first kappa shape index (κ1) is 23.2. The number of nitrogens with zero attached hydrogens (tertiary/aromatic N) is 1. The molecule has 3 N–H and O–H groups in total. The van der Waals surface area contributed by atoms with Crippen LogP contribution in [0.5, 0.6) is 0 Å². The molecule has 11 heteroatoms. The normalized spacial score (nSPS) is 13.7. The molecule has 2 aromatic carbocycles. The van der Waals surface area contributed by atoms with Crippen LogP contribution in [-0.2, 0) is 19.6 Å². The number of hydrogen-bond acceptors (Lipinski definition) is 5. The SMILES string of the molecule is CC(=O)NCC(=O)Nc1cc(S(=O)(=O)Nc2cc(Cl)ccc2Cl)ccc1N1CCCC1. The van der Waals surface area contributed by atoms with Gasteiger partial charge < -0.3 is 15.5 Å². The van der Waals surface area contributed by atoms with Gasteiger partial charge in [-0.05, 0) is 49.2 Å². The van der Waals surface area contributed by atoms with Gasteiger partial charge in [-0.2, -0.15) is 0 Å². The summed E-state index contributed by atoms with van der Waals surface area (Å²) < 4.78 is 28.3. The van der Waals surface area contributed by atoms with Gasteiger partial charge >= 0.3 is 0 Å². The van der Waals surface area contributed by atoms with Gasteiger partial charge in [0.1, 0.15) is 0 Å². The second-order valence-electron chi connectivity index (χ2n) is 7.06. The van der Waals surface area contributed by atoms with Crippen molar-refractivity contribution in [2.75, 3.05) is 34.6 Å². The van der Waals surface area contributed by atoms with E-state index in [0.29, 0.717) is 16.4 Å². The number of rotatable bonds is 7. The minimum absolute atomic E-state index is 0.0543. The van der Waals surface area contributed by atoms with E-state index in [9.17, 15) is 18.0 Å². The molecule has 1 saturated heterocycles. The van der Waals surface area contributed by atoms with Crippen molar-refractivity contribution in [2.45, 2.75) is 24.7 Å². The largest absolute Gasteiger partial charge is 0.370 e. The Morgan fingerprint density at radius 1 is 1.03 bits per heavy atom. The van der Waals surface area contributed by atoms with Crippen LogP contribution in [-0.4, -0.2) is 39.9 Å². The molecule has 2 amide bonds. The average Bonchev–Trinajstić information content (AvgIpc) is 3.23. The summed E-state index contributed by atoms with van der Waals surface area (Å²) in [4.78, 5) is 25.4. The van der Waals surface area contributed by atoms with Crippen LogP contribution in [0.2, 0.25) is 10.0 Å². The first-order valence-corrected chi connectivity index (χ1v) is 11.8. The van der Waals surface area contributed by atoms with Gasteiger partial charge in [0.2, 0.25) is 11.8 Å². The number of halogens is 2. The van der Waals surface area contributed by atoms with Gasteiger partial charge in [-0.25, -0.2) is 8.42 Å². The van der Waals surface area contributed by atoms with Crippen molar-refractivity contribution in [3.63, 3.8) is 0 Å². The maximum Gasteiger partial charge on any atom is 0.262 e. The van der Waals surface area contributed by atoms with Crippen molar-refractivity contribution < 1.29 is 18.0 Å². The lowest BCUT2D eigenvalue weighted by Crippen LogP contribution is -2.32. The van der Waals surface area contributed by atoms with Gasteiger partial charge in [0, 0.05) is 25.0 Å². The Hall–Kier alpha value is -2.49. The molecule has 0 bridgehead atoms. The second-order valence-corrected chi connectivity index (χ2v) is 9.59. The van der Waals surface area contributed by atoms with E-state index >= 15 is 0 Å². The van der Waals surface area contributed by atoms with Crippen LogP contribution in [0.25, 0.3) is 0 Å². The summed E-state index contributed by atoms with van der Waals surface area (Å²) in [5.41, 5.74) is 1.21. The highest BCUT2D eigenvalue weighted by molar-refractivity contribution is 7.92. The van der Waals surface area contributed by atoms with E-state index in [1.165, 1.54) is 31.2 Å². The lowest BCUT2D eigenvalue weighted by atomic mass is 10.2. The summed E-state index contributed by atoms with van der Waals surface area (Å²) in [5, 5.41) is 5.66. The Morgan fingerprint density at radius 3 is 2.42 bits per heavy atom. The van der Waals surface area contributed by atoms with Gasteiger partial charge in [-0.1, -0.05) is 23.2 Å². The van der Waals surface area contributed by atoms with Crippen molar-refractivity contribution in [2.24, 2.45) is 0 Å². The molecule has 0 aliphatic carbocycles. The van der Waals surface area contributed by atoms with Crippen LogP contribution in [0.15, 0.2) is 41.3 Å². The summed E-state index contributed by atoms with van der Waals surface area (Å²) in [6.07, 6.45) is 2.02. The molecule has 1 aliphatic rings. The summed E-state index contributed by atoms with van der Waals surface area (Å²) in [5.74, 6) is -0.801. The number of carbonyl (C=O) groups is 2. The van der Waals surface area contributed by atoms with Crippen molar-refractivity contribution in [3.05, 3.63) is 46.4 Å². The summed E-state index contributed by atoms with van der Waals surface area (Å²) >= 11 is 12.0. The molecular formula is C20H22Cl2N4O4S. The van der Waals surface area contributed by atoms with Crippen LogP contribution in [0.1, 0.15) is 19.8 Å². The van der Waals surface area contributed by atoms with Gasteiger partial charge in [0.05, 0.1) is 33.5 Å². The van der Waals surface area contributed by atoms with Gasteiger partial charge in [0.25, 0.3) is 10.0 Å². The minimum Gasteiger partial charge on any atom is -0.370 e. The van der Waals surface area contributed by atoms with Gasteiger partial charge in [-0.15, -0.1) is 0 Å². The van der Waals surface area contributed by atoms with Gasteiger partial charge in [-0.3, -0.25) is 14.3 Å². The van der Waals surface area contributed by atoms with E-state index < -0.39 is 15.9 Å². The average molecular weight is 485 g/mol. The number of hydrogen-bond donors (Lipinski definition) is 3. The third kappa shape index (κ3) is 6.03. The highest BCUT2D eigenvalue weighted by Crippen LogP contribution is 2.33. The number of nitrogens with one attached hydrogen (secondary N) is 3. The fourth-order valence-electron chi connectivity index (χ4n) is 3.19. The van der Waals surface area contributed by atoms with E-state index in [1.54, 1.807) is 12.1 Å². The highest BCUT2D eigenvalue weighted by atomic mass is 35.5. The van der Waals surface area contributed by atoms with Crippen LogP contribution in [0, 0.1) is 0 Å². The molecule has 0 radical (unpaired) electrons. The molecule has 0 aromatic heterocycles. The number of sulfonamides is 1. The molecule has 31 heavy (non-hydrogen) atoms. The Balaban J connectivity index is 1.92. The zero-order valence-corrected chi connectivity index (χ0v) is 19.1. The number of benzene rings is 2.